The van der Waals surface area contributed by atoms with E-state index in [2.05, 4.69) is 4.98 Å². The Kier molecular flexibility index (Phi) is 3.35. The van der Waals surface area contributed by atoms with Crippen LogP contribution in [-0.4, -0.2) is 51.5 Å². The molecule has 0 spiro atoms. The molecule has 0 aliphatic carbocycles. The molecule has 0 bridgehead atoms. The lowest BCUT2D eigenvalue weighted by Gasteiger charge is -2.16. The molecule has 3 N–H and O–H groups in total. The molecule has 0 amide bonds. The normalized spacial score (nSPS) is 33.9. The Bertz CT molecular complexity index is 333. The third-order valence-electron chi connectivity index (χ3n) is 2.39. The van der Waals surface area contributed by atoms with E-state index in [9.17, 15) is 10.2 Å². The van der Waals surface area contributed by atoms with Gasteiger partial charge in [0.1, 0.15) is 24.1 Å². The van der Waals surface area contributed by atoms with Crippen LogP contribution in [0.5, 0.6) is 5.75 Å². The molecule has 1 fully saturated rings. The maximum absolute atomic E-state index is 9.59. The van der Waals surface area contributed by atoms with Gasteiger partial charge in [-0.3, -0.25) is 4.98 Å². The highest BCUT2D eigenvalue weighted by molar-refractivity contribution is 5.16. The minimum absolute atomic E-state index is 0.370. The van der Waals surface area contributed by atoms with Gasteiger partial charge >= 0.3 is 0 Å². The average Bonchev–Trinajstić information content (AvgIpc) is 2.58. The summed E-state index contributed by atoms with van der Waals surface area (Å²) in [6.45, 7) is -0.370. The minimum atomic E-state index is -1.18. The van der Waals surface area contributed by atoms with E-state index >= 15 is 0 Å². The molecule has 2 rings (SSSR count). The van der Waals surface area contributed by atoms with Gasteiger partial charge < -0.3 is 24.8 Å². The molecule has 2 heterocycles. The number of aliphatic hydroxyl groups excluding tert-OH is 3. The molecular weight excluding hydrogens is 214 g/mol. The maximum atomic E-state index is 9.59. The highest BCUT2D eigenvalue weighted by atomic mass is 16.7. The summed E-state index contributed by atoms with van der Waals surface area (Å²) in [5.74, 6) is 0.428. The van der Waals surface area contributed by atoms with Crippen LogP contribution in [0, 0.1) is 0 Å². The van der Waals surface area contributed by atoms with E-state index in [1.54, 1.807) is 18.3 Å². The van der Waals surface area contributed by atoms with Crippen molar-refractivity contribution in [3.05, 3.63) is 24.5 Å². The van der Waals surface area contributed by atoms with Crippen molar-refractivity contribution in [1.29, 1.82) is 0 Å². The third-order valence-corrected chi connectivity index (χ3v) is 2.39. The molecule has 88 valence electrons. The van der Waals surface area contributed by atoms with E-state index < -0.39 is 24.6 Å². The van der Waals surface area contributed by atoms with Gasteiger partial charge in [0, 0.05) is 6.20 Å². The molecule has 6 heteroatoms. The van der Waals surface area contributed by atoms with E-state index in [1.165, 1.54) is 6.20 Å². The van der Waals surface area contributed by atoms with Crippen molar-refractivity contribution in [2.45, 2.75) is 24.6 Å². The molecule has 1 aliphatic heterocycles. The second-order valence-electron chi connectivity index (χ2n) is 3.51. The lowest BCUT2D eigenvalue weighted by molar-refractivity contribution is -0.116. The molecule has 1 saturated heterocycles. The monoisotopic (exact) mass is 227 g/mol. The highest BCUT2D eigenvalue weighted by Gasteiger charge is 2.43. The van der Waals surface area contributed by atoms with Gasteiger partial charge in [0.15, 0.2) is 0 Å². The van der Waals surface area contributed by atoms with Crippen molar-refractivity contribution in [3.63, 3.8) is 0 Å². The second-order valence-corrected chi connectivity index (χ2v) is 3.51. The topological polar surface area (TPSA) is 92.0 Å². The highest BCUT2D eigenvalue weighted by Crippen LogP contribution is 2.23. The Morgan fingerprint density at radius 3 is 2.75 bits per heavy atom. The molecule has 1 aromatic rings. The molecule has 4 atom stereocenters. The Labute approximate surface area is 92.1 Å². The Morgan fingerprint density at radius 1 is 1.38 bits per heavy atom. The summed E-state index contributed by atoms with van der Waals surface area (Å²) >= 11 is 0. The summed E-state index contributed by atoms with van der Waals surface area (Å²) in [5.41, 5.74) is 0. The van der Waals surface area contributed by atoms with Crippen molar-refractivity contribution in [2.24, 2.45) is 0 Å². The van der Waals surface area contributed by atoms with Crippen molar-refractivity contribution < 1.29 is 24.8 Å². The van der Waals surface area contributed by atoms with Crippen LogP contribution in [0.2, 0.25) is 0 Å². The van der Waals surface area contributed by atoms with Crippen molar-refractivity contribution in [3.8, 4) is 5.75 Å². The second kappa shape index (κ2) is 4.75. The zero-order chi connectivity index (χ0) is 11.5. The number of hydrogen-bond donors (Lipinski definition) is 3. The summed E-state index contributed by atoms with van der Waals surface area (Å²) in [6.07, 6.45) is -1.09. The van der Waals surface area contributed by atoms with Crippen molar-refractivity contribution >= 4 is 0 Å². The van der Waals surface area contributed by atoms with E-state index in [0.29, 0.717) is 5.75 Å². The van der Waals surface area contributed by atoms with Crippen LogP contribution >= 0.6 is 0 Å². The fourth-order valence-electron chi connectivity index (χ4n) is 1.51. The summed E-state index contributed by atoms with van der Waals surface area (Å²) in [6, 6.07) is 3.33. The first kappa shape index (κ1) is 11.3. The van der Waals surface area contributed by atoms with E-state index in [-0.39, 0.29) is 6.61 Å². The van der Waals surface area contributed by atoms with Crippen molar-refractivity contribution in [1.82, 2.24) is 4.98 Å². The number of nitrogens with zero attached hydrogens (tertiary/aromatic N) is 1. The zero-order valence-corrected chi connectivity index (χ0v) is 8.43. The van der Waals surface area contributed by atoms with Crippen LogP contribution in [0.1, 0.15) is 0 Å². The average molecular weight is 227 g/mol. The van der Waals surface area contributed by atoms with Gasteiger partial charge in [0.2, 0.25) is 6.29 Å². The number of pyridine rings is 1. The van der Waals surface area contributed by atoms with Crippen LogP contribution < -0.4 is 4.74 Å². The van der Waals surface area contributed by atoms with E-state index in [4.69, 9.17) is 14.6 Å². The first-order valence-electron chi connectivity index (χ1n) is 4.91. The third kappa shape index (κ3) is 2.14. The summed E-state index contributed by atoms with van der Waals surface area (Å²) < 4.78 is 10.4. The minimum Gasteiger partial charge on any atom is -0.460 e. The standard InChI is InChI=1S/C10H13NO5/c12-5-7-8(13)9(14)10(16-7)15-6-2-1-3-11-4-6/h1-4,7-10,12-14H,5H2/t7-,8-,9-,10?/m1/s1. The lowest BCUT2D eigenvalue weighted by atomic mass is 10.1. The van der Waals surface area contributed by atoms with Crippen LogP contribution in [0.3, 0.4) is 0 Å². The molecule has 16 heavy (non-hydrogen) atoms. The number of aromatic nitrogens is 1. The number of hydrogen-bond acceptors (Lipinski definition) is 6. The fraction of sp³-hybridized carbons (Fsp3) is 0.500. The molecule has 1 unspecified atom stereocenters. The Hall–Kier alpha value is -1.21. The van der Waals surface area contributed by atoms with Gasteiger partial charge in [-0.15, -0.1) is 0 Å². The molecule has 0 aromatic carbocycles. The summed E-state index contributed by atoms with van der Waals surface area (Å²) in [5, 5.41) is 27.9. The van der Waals surface area contributed by atoms with Crippen LogP contribution in [0.4, 0.5) is 0 Å². The molecular formula is C10H13NO5. The predicted octanol–water partition coefficient (Wildman–Crippen LogP) is -1.10. The Balaban J connectivity index is 2.01. The summed E-state index contributed by atoms with van der Waals surface area (Å²) in [7, 11) is 0. The van der Waals surface area contributed by atoms with Gasteiger partial charge in [-0.25, -0.2) is 0 Å². The van der Waals surface area contributed by atoms with E-state index in [1.807, 2.05) is 0 Å². The molecule has 0 saturated carbocycles. The molecule has 0 radical (unpaired) electrons. The van der Waals surface area contributed by atoms with Crippen molar-refractivity contribution in [2.75, 3.05) is 6.61 Å². The zero-order valence-electron chi connectivity index (χ0n) is 8.43. The van der Waals surface area contributed by atoms with Gasteiger partial charge in [-0.1, -0.05) is 0 Å². The lowest BCUT2D eigenvalue weighted by Crippen LogP contribution is -2.35. The molecule has 1 aromatic heterocycles. The SMILES string of the molecule is OC[C@H]1OC(Oc2cccnc2)[C@H](O)[C@@H]1O. The van der Waals surface area contributed by atoms with Crippen LogP contribution in [0.25, 0.3) is 0 Å². The maximum Gasteiger partial charge on any atom is 0.229 e. The quantitative estimate of drug-likeness (QED) is 0.607. The first-order valence-corrected chi connectivity index (χ1v) is 4.91. The summed E-state index contributed by atoms with van der Waals surface area (Å²) in [4.78, 5) is 3.84. The van der Waals surface area contributed by atoms with Gasteiger partial charge in [-0.2, -0.15) is 0 Å². The van der Waals surface area contributed by atoms with Crippen LogP contribution in [0.15, 0.2) is 24.5 Å². The number of ether oxygens (including phenoxy) is 2. The van der Waals surface area contributed by atoms with E-state index in [0.717, 1.165) is 0 Å². The van der Waals surface area contributed by atoms with Crippen LogP contribution in [-0.2, 0) is 4.74 Å². The first-order chi connectivity index (χ1) is 7.72. The Morgan fingerprint density at radius 2 is 2.19 bits per heavy atom. The smallest absolute Gasteiger partial charge is 0.229 e. The largest absolute Gasteiger partial charge is 0.460 e. The fourth-order valence-corrected chi connectivity index (χ4v) is 1.51. The molecule has 1 aliphatic rings. The van der Waals surface area contributed by atoms with Gasteiger partial charge in [-0.05, 0) is 12.1 Å². The number of rotatable bonds is 3. The number of aliphatic hydroxyl groups is 3. The predicted molar refractivity (Wildman–Crippen MR) is 52.6 cm³/mol. The van der Waals surface area contributed by atoms with Gasteiger partial charge in [0.25, 0.3) is 0 Å². The molecule has 6 nitrogen and oxygen atoms in total. The van der Waals surface area contributed by atoms with Gasteiger partial charge in [0.05, 0.1) is 12.8 Å².